The third kappa shape index (κ3) is 3.13. The molecule has 0 saturated heterocycles. The number of carbonyl (C=O) groups excluding carboxylic acids is 1. The monoisotopic (exact) mass is 245 g/mol. The quantitative estimate of drug-likeness (QED) is 0.825. The molecule has 1 amide bonds. The lowest BCUT2D eigenvalue weighted by Gasteiger charge is -2.28. The molecule has 3 heteroatoms. The van der Waals surface area contributed by atoms with E-state index in [-0.39, 0.29) is 11.6 Å². The predicted molar refractivity (Wildman–Crippen MR) is 71.2 cm³/mol. The summed E-state index contributed by atoms with van der Waals surface area (Å²) >= 11 is 0. The summed E-state index contributed by atoms with van der Waals surface area (Å²) in [6.45, 7) is 2.41. The number of rotatable bonds is 4. The Hall–Kier alpha value is -1.77. The maximum Gasteiger partial charge on any atom is 0.407 e. The first-order valence-electron chi connectivity index (χ1n) is 6.38. The maximum atomic E-state index is 11.8. The molecular weight excluding hydrogens is 226 g/mol. The van der Waals surface area contributed by atoms with Crippen LogP contribution < -0.4 is 5.32 Å². The fourth-order valence-corrected chi connectivity index (χ4v) is 2.16. The molecule has 0 aliphatic heterocycles. The molecule has 0 unspecified atom stereocenters. The first-order chi connectivity index (χ1) is 8.74. The van der Waals surface area contributed by atoms with E-state index in [9.17, 15) is 4.79 Å². The van der Waals surface area contributed by atoms with Gasteiger partial charge in [0.1, 0.15) is 6.61 Å². The van der Waals surface area contributed by atoms with Crippen molar-refractivity contribution in [1.29, 1.82) is 0 Å². The van der Waals surface area contributed by atoms with Crippen LogP contribution in [0.5, 0.6) is 0 Å². The molecule has 0 atom stereocenters. The van der Waals surface area contributed by atoms with E-state index in [0.29, 0.717) is 6.61 Å². The summed E-state index contributed by atoms with van der Waals surface area (Å²) in [5, 5.41) is 2.99. The van der Waals surface area contributed by atoms with Gasteiger partial charge in [0, 0.05) is 5.54 Å². The van der Waals surface area contributed by atoms with Crippen LogP contribution >= 0.6 is 0 Å². The van der Waals surface area contributed by atoms with Gasteiger partial charge in [0.05, 0.1) is 0 Å². The number of hydrogen-bond donors (Lipinski definition) is 1. The lowest BCUT2D eigenvalue weighted by atomic mass is 9.94. The lowest BCUT2D eigenvalue weighted by Crippen LogP contribution is -2.46. The second-order valence-electron chi connectivity index (χ2n) is 4.70. The van der Waals surface area contributed by atoms with Crippen molar-refractivity contribution >= 4 is 6.09 Å². The Morgan fingerprint density at radius 1 is 1.28 bits per heavy atom. The molecule has 1 aromatic rings. The first kappa shape index (κ1) is 12.7. The Bertz CT molecular complexity index is 417. The van der Waals surface area contributed by atoms with Crippen molar-refractivity contribution in [2.75, 3.05) is 0 Å². The molecule has 1 aliphatic rings. The second kappa shape index (κ2) is 5.71. The summed E-state index contributed by atoms with van der Waals surface area (Å²) in [6.07, 6.45) is 6.60. The molecule has 3 nitrogen and oxygen atoms in total. The van der Waals surface area contributed by atoms with Crippen molar-refractivity contribution in [3.8, 4) is 0 Å². The fraction of sp³-hybridized carbons (Fsp3) is 0.400. The van der Waals surface area contributed by atoms with E-state index in [2.05, 4.69) is 24.4 Å². The SMILES string of the molecule is CCC1(NC(=O)OCc2ccccc2)CC=CC1. The molecule has 1 aliphatic carbocycles. The Labute approximate surface area is 108 Å². The minimum atomic E-state index is -0.329. The molecule has 1 N–H and O–H groups in total. The zero-order valence-electron chi connectivity index (χ0n) is 10.7. The van der Waals surface area contributed by atoms with Crippen LogP contribution in [-0.2, 0) is 11.3 Å². The van der Waals surface area contributed by atoms with Crippen LogP contribution in [0.15, 0.2) is 42.5 Å². The molecule has 0 aromatic heterocycles. The van der Waals surface area contributed by atoms with Crippen LogP contribution in [0.1, 0.15) is 31.7 Å². The highest BCUT2D eigenvalue weighted by atomic mass is 16.5. The minimum absolute atomic E-state index is 0.131. The Kier molecular flexibility index (Phi) is 4.03. The molecule has 2 rings (SSSR count). The van der Waals surface area contributed by atoms with Gasteiger partial charge in [-0.1, -0.05) is 49.4 Å². The summed E-state index contributed by atoms with van der Waals surface area (Å²) in [7, 11) is 0. The Morgan fingerprint density at radius 2 is 1.94 bits per heavy atom. The molecular formula is C15H19NO2. The highest BCUT2D eigenvalue weighted by Crippen LogP contribution is 2.26. The molecule has 0 spiro atoms. The van der Waals surface area contributed by atoms with Crippen LogP contribution in [-0.4, -0.2) is 11.6 Å². The van der Waals surface area contributed by atoms with Gasteiger partial charge in [-0.2, -0.15) is 0 Å². The molecule has 96 valence electrons. The average molecular weight is 245 g/mol. The van der Waals surface area contributed by atoms with Crippen LogP contribution in [0.4, 0.5) is 4.79 Å². The molecule has 0 bridgehead atoms. The van der Waals surface area contributed by atoms with Crippen molar-refractivity contribution in [3.05, 3.63) is 48.0 Å². The number of benzene rings is 1. The zero-order chi connectivity index (χ0) is 12.8. The van der Waals surface area contributed by atoms with Crippen molar-refractivity contribution in [2.45, 2.75) is 38.3 Å². The third-order valence-electron chi connectivity index (χ3n) is 3.44. The first-order valence-corrected chi connectivity index (χ1v) is 6.38. The maximum absolute atomic E-state index is 11.8. The van der Waals surface area contributed by atoms with Crippen molar-refractivity contribution < 1.29 is 9.53 Å². The number of hydrogen-bond acceptors (Lipinski definition) is 2. The van der Waals surface area contributed by atoms with E-state index in [4.69, 9.17) is 4.74 Å². The number of alkyl carbamates (subject to hydrolysis) is 1. The topological polar surface area (TPSA) is 38.3 Å². The summed E-state index contributed by atoms with van der Waals surface area (Å²) in [4.78, 5) is 11.8. The van der Waals surface area contributed by atoms with E-state index in [1.165, 1.54) is 0 Å². The van der Waals surface area contributed by atoms with Crippen LogP contribution in [0.3, 0.4) is 0 Å². The number of amides is 1. The van der Waals surface area contributed by atoms with Crippen molar-refractivity contribution in [1.82, 2.24) is 5.32 Å². The molecule has 0 radical (unpaired) electrons. The van der Waals surface area contributed by atoms with E-state index in [0.717, 1.165) is 24.8 Å². The largest absolute Gasteiger partial charge is 0.445 e. The second-order valence-corrected chi connectivity index (χ2v) is 4.70. The highest BCUT2D eigenvalue weighted by molar-refractivity contribution is 5.68. The van der Waals surface area contributed by atoms with Crippen LogP contribution in [0.2, 0.25) is 0 Å². The van der Waals surface area contributed by atoms with Crippen molar-refractivity contribution in [3.63, 3.8) is 0 Å². The van der Waals surface area contributed by atoms with E-state index in [1.54, 1.807) is 0 Å². The van der Waals surface area contributed by atoms with Gasteiger partial charge in [0.25, 0.3) is 0 Å². The van der Waals surface area contributed by atoms with Gasteiger partial charge < -0.3 is 10.1 Å². The highest BCUT2D eigenvalue weighted by Gasteiger charge is 2.31. The normalized spacial score (nSPS) is 16.5. The van der Waals surface area contributed by atoms with E-state index >= 15 is 0 Å². The summed E-state index contributed by atoms with van der Waals surface area (Å²) in [6, 6.07) is 9.70. The van der Waals surface area contributed by atoms with Gasteiger partial charge >= 0.3 is 6.09 Å². The zero-order valence-corrected chi connectivity index (χ0v) is 10.7. The molecule has 0 fully saturated rings. The van der Waals surface area contributed by atoms with Gasteiger partial charge in [-0.25, -0.2) is 4.79 Å². The lowest BCUT2D eigenvalue weighted by molar-refractivity contribution is 0.126. The standard InChI is InChI=1S/C15H19NO2/c1-2-15(10-6-7-11-15)16-14(17)18-12-13-8-4-3-5-9-13/h3-9H,2,10-12H2,1H3,(H,16,17). The van der Waals surface area contributed by atoms with Gasteiger partial charge in [0.15, 0.2) is 0 Å². The summed E-state index contributed by atoms with van der Waals surface area (Å²) < 4.78 is 5.24. The van der Waals surface area contributed by atoms with Crippen LogP contribution in [0.25, 0.3) is 0 Å². The van der Waals surface area contributed by atoms with Gasteiger partial charge in [-0.15, -0.1) is 0 Å². The molecule has 1 aromatic carbocycles. The van der Waals surface area contributed by atoms with Gasteiger partial charge in [-0.3, -0.25) is 0 Å². The van der Waals surface area contributed by atoms with Crippen molar-refractivity contribution in [2.24, 2.45) is 0 Å². The predicted octanol–water partition coefficient (Wildman–Crippen LogP) is 3.41. The minimum Gasteiger partial charge on any atom is -0.445 e. The molecule has 0 heterocycles. The van der Waals surface area contributed by atoms with Crippen LogP contribution in [0, 0.1) is 0 Å². The molecule has 0 saturated carbocycles. The van der Waals surface area contributed by atoms with Gasteiger partial charge in [-0.05, 0) is 24.8 Å². The Balaban J connectivity index is 1.82. The third-order valence-corrected chi connectivity index (χ3v) is 3.44. The van der Waals surface area contributed by atoms with Gasteiger partial charge in [0.2, 0.25) is 0 Å². The number of carbonyl (C=O) groups is 1. The summed E-state index contributed by atoms with van der Waals surface area (Å²) in [5.74, 6) is 0. The fourth-order valence-electron chi connectivity index (χ4n) is 2.16. The Morgan fingerprint density at radius 3 is 2.56 bits per heavy atom. The summed E-state index contributed by atoms with van der Waals surface area (Å²) in [5.41, 5.74) is 0.871. The van der Waals surface area contributed by atoms with E-state index in [1.807, 2.05) is 30.3 Å². The number of ether oxygens (including phenoxy) is 1. The smallest absolute Gasteiger partial charge is 0.407 e. The number of nitrogens with one attached hydrogen (secondary N) is 1. The van der Waals surface area contributed by atoms with E-state index < -0.39 is 0 Å². The molecule has 18 heavy (non-hydrogen) atoms. The average Bonchev–Trinajstić information content (AvgIpc) is 2.87.